The fourth-order valence-electron chi connectivity index (χ4n) is 3.11. The van der Waals surface area contributed by atoms with Crippen molar-refractivity contribution in [1.82, 2.24) is 9.55 Å². The van der Waals surface area contributed by atoms with E-state index in [1.807, 2.05) is 30.3 Å². The molecule has 0 unspecified atom stereocenters. The third kappa shape index (κ3) is 1.11. The standard InChI is InChI=1S/C16H12N3S/c1-18-15-11-6-3-2-5-10(11)9-19(15)13-12-7-4-8-17-14(12)20-16(13)18/h2-8H,9H2,1H3/q+1/i1D3. The van der Waals surface area contributed by atoms with Gasteiger partial charge < -0.3 is 0 Å². The zero-order valence-corrected chi connectivity index (χ0v) is 11.3. The topological polar surface area (TPSA) is 21.7 Å². The average molecular weight is 281 g/mol. The summed E-state index contributed by atoms with van der Waals surface area (Å²) in [4.78, 5) is 6.04. The molecule has 0 spiro atoms. The lowest BCUT2D eigenvalue weighted by atomic mass is 10.1. The number of benzene rings is 1. The van der Waals surface area contributed by atoms with Gasteiger partial charge in [0, 0.05) is 11.8 Å². The van der Waals surface area contributed by atoms with Crippen molar-refractivity contribution in [2.24, 2.45) is 6.98 Å². The Labute approximate surface area is 123 Å². The summed E-state index contributed by atoms with van der Waals surface area (Å²) in [5, 5.41) is 1.02. The van der Waals surface area contributed by atoms with Gasteiger partial charge in [-0.15, -0.1) is 0 Å². The Morgan fingerprint density at radius 3 is 3.20 bits per heavy atom. The molecule has 4 heterocycles. The van der Waals surface area contributed by atoms with Crippen LogP contribution >= 0.6 is 11.3 Å². The molecule has 20 heavy (non-hydrogen) atoms. The molecule has 0 atom stereocenters. The molecule has 5 rings (SSSR count). The first-order valence-corrected chi connectivity index (χ1v) is 7.28. The van der Waals surface area contributed by atoms with Gasteiger partial charge >= 0.3 is 0 Å². The number of hydrogen-bond acceptors (Lipinski definition) is 2. The minimum absolute atomic E-state index is 0.700. The van der Waals surface area contributed by atoms with Gasteiger partial charge in [0.25, 0.3) is 5.82 Å². The lowest BCUT2D eigenvalue weighted by molar-refractivity contribution is -0.631. The molecule has 4 heteroatoms. The van der Waals surface area contributed by atoms with Crippen molar-refractivity contribution in [2.75, 3.05) is 0 Å². The maximum absolute atomic E-state index is 8.02. The summed E-state index contributed by atoms with van der Waals surface area (Å²) < 4.78 is 27.7. The van der Waals surface area contributed by atoms with Gasteiger partial charge in [-0.3, -0.25) is 0 Å². The highest BCUT2D eigenvalue weighted by Gasteiger charge is 2.34. The summed E-state index contributed by atoms with van der Waals surface area (Å²) in [6.45, 7) is -1.52. The first-order valence-electron chi connectivity index (χ1n) is 7.96. The molecule has 0 saturated heterocycles. The minimum Gasteiger partial charge on any atom is -0.245 e. The van der Waals surface area contributed by atoms with Crippen molar-refractivity contribution in [3.05, 3.63) is 48.2 Å². The molecule has 0 N–H and O–H groups in total. The number of pyridine rings is 1. The van der Waals surface area contributed by atoms with Gasteiger partial charge in [-0.05, 0) is 18.2 Å². The predicted octanol–water partition coefficient (Wildman–Crippen LogP) is 3.10. The van der Waals surface area contributed by atoms with E-state index in [2.05, 4.69) is 15.6 Å². The zero-order chi connectivity index (χ0) is 15.8. The van der Waals surface area contributed by atoms with E-state index in [0.717, 1.165) is 37.5 Å². The summed E-state index contributed by atoms with van der Waals surface area (Å²) in [6.07, 6.45) is 1.75. The van der Waals surface area contributed by atoms with Gasteiger partial charge in [-0.1, -0.05) is 29.5 Å². The fourth-order valence-corrected chi connectivity index (χ4v) is 4.18. The Morgan fingerprint density at radius 1 is 1.30 bits per heavy atom. The van der Waals surface area contributed by atoms with E-state index in [4.69, 9.17) is 4.11 Å². The van der Waals surface area contributed by atoms with E-state index in [0.29, 0.717) is 6.54 Å². The van der Waals surface area contributed by atoms with Crippen molar-refractivity contribution in [2.45, 2.75) is 6.54 Å². The fraction of sp³-hybridized carbons (Fsp3) is 0.125. The third-order valence-electron chi connectivity index (χ3n) is 3.95. The molecule has 1 aromatic carbocycles. The van der Waals surface area contributed by atoms with E-state index < -0.39 is 6.98 Å². The lowest BCUT2D eigenvalue weighted by Crippen LogP contribution is -2.28. The summed E-state index contributed by atoms with van der Waals surface area (Å²) in [6, 6.07) is 11.9. The number of imidazole rings is 1. The van der Waals surface area contributed by atoms with E-state index >= 15 is 0 Å². The van der Waals surface area contributed by atoms with E-state index in [1.54, 1.807) is 6.20 Å². The number of thiophene rings is 1. The zero-order valence-electron chi connectivity index (χ0n) is 13.5. The molecule has 96 valence electrons. The van der Waals surface area contributed by atoms with Crippen LogP contribution in [0.25, 0.3) is 32.0 Å². The largest absolute Gasteiger partial charge is 0.291 e. The van der Waals surface area contributed by atoms with Gasteiger partial charge in [-0.2, -0.15) is 0 Å². The highest BCUT2D eigenvalue weighted by Crippen LogP contribution is 2.38. The molecule has 0 fully saturated rings. The number of aryl methyl sites for hydroxylation is 1. The molecule has 1 aliphatic rings. The Balaban J connectivity index is 2.01. The smallest absolute Gasteiger partial charge is 0.245 e. The van der Waals surface area contributed by atoms with Gasteiger partial charge in [0.05, 0.1) is 22.0 Å². The monoisotopic (exact) mass is 281 g/mol. The van der Waals surface area contributed by atoms with Gasteiger partial charge in [-0.25, -0.2) is 14.1 Å². The van der Waals surface area contributed by atoms with Crippen LogP contribution < -0.4 is 4.57 Å². The second-order valence-corrected chi connectivity index (χ2v) is 5.99. The van der Waals surface area contributed by atoms with Gasteiger partial charge in [0.1, 0.15) is 11.4 Å². The molecule has 3 nitrogen and oxygen atoms in total. The molecule has 0 radical (unpaired) electrons. The van der Waals surface area contributed by atoms with Crippen LogP contribution in [0.15, 0.2) is 42.6 Å². The van der Waals surface area contributed by atoms with Crippen molar-refractivity contribution >= 4 is 31.9 Å². The maximum Gasteiger partial charge on any atom is 0.291 e. The molecular weight excluding hydrogens is 266 g/mol. The number of rotatable bonds is 0. The van der Waals surface area contributed by atoms with Crippen LogP contribution in [0.4, 0.5) is 0 Å². The Bertz CT molecular complexity index is 1090. The van der Waals surface area contributed by atoms with Crippen LogP contribution in [0.2, 0.25) is 0 Å². The second kappa shape index (κ2) is 3.46. The van der Waals surface area contributed by atoms with Crippen molar-refractivity contribution in [3.63, 3.8) is 0 Å². The van der Waals surface area contributed by atoms with E-state index in [-0.39, 0.29) is 0 Å². The maximum atomic E-state index is 8.02. The molecule has 4 aromatic rings. The van der Waals surface area contributed by atoms with Crippen LogP contribution in [-0.2, 0) is 13.5 Å². The number of hydrogen-bond donors (Lipinski definition) is 0. The van der Waals surface area contributed by atoms with Gasteiger partial charge in [0.15, 0.2) is 5.52 Å². The first-order chi connectivity index (χ1) is 11.1. The molecule has 0 amide bonds. The lowest BCUT2D eigenvalue weighted by Gasteiger charge is -1.93. The van der Waals surface area contributed by atoms with Crippen LogP contribution in [0.5, 0.6) is 0 Å². The molecule has 0 aliphatic carbocycles. The van der Waals surface area contributed by atoms with Crippen molar-refractivity contribution in [3.8, 4) is 11.4 Å². The summed E-state index contributed by atoms with van der Waals surface area (Å²) in [7, 11) is 0. The van der Waals surface area contributed by atoms with Crippen LogP contribution in [0.1, 0.15) is 9.68 Å². The van der Waals surface area contributed by atoms with E-state index in [1.165, 1.54) is 15.9 Å². The van der Waals surface area contributed by atoms with Crippen LogP contribution in [0.3, 0.4) is 0 Å². The summed E-state index contributed by atoms with van der Waals surface area (Å²) in [5.41, 5.74) is 3.13. The number of nitrogens with zero attached hydrogens (tertiary/aromatic N) is 3. The molecule has 1 aliphatic heterocycles. The summed E-state index contributed by atoms with van der Waals surface area (Å²) in [5.74, 6) is 0.771. The third-order valence-corrected chi connectivity index (χ3v) is 5.04. The first kappa shape index (κ1) is 8.17. The number of aromatic nitrogens is 3. The normalized spacial score (nSPS) is 15.9. The van der Waals surface area contributed by atoms with Crippen molar-refractivity contribution in [1.29, 1.82) is 0 Å². The highest BCUT2D eigenvalue weighted by molar-refractivity contribution is 7.24. The van der Waals surface area contributed by atoms with Gasteiger partial charge in [0.2, 0.25) is 4.83 Å². The second-order valence-electron chi connectivity index (χ2n) is 5.01. The summed E-state index contributed by atoms with van der Waals surface area (Å²) >= 11 is 1.45. The Hall–Kier alpha value is -2.20. The minimum atomic E-state index is -2.23. The number of fused-ring (bicyclic) bond motifs is 7. The predicted molar refractivity (Wildman–Crippen MR) is 80.8 cm³/mol. The SMILES string of the molecule is [2H]C([2H])([2H])[n+]1c2n(c3c4cccnc4sc31)Cc1ccccc1-2. The molecule has 0 saturated carbocycles. The van der Waals surface area contributed by atoms with Crippen LogP contribution in [0, 0.1) is 0 Å². The Morgan fingerprint density at radius 2 is 2.25 bits per heavy atom. The molecule has 3 aromatic heterocycles. The van der Waals surface area contributed by atoms with E-state index in [9.17, 15) is 0 Å². The Kier molecular flexibility index (Phi) is 1.41. The molecular formula is C16H12N3S+. The quantitative estimate of drug-likeness (QED) is 0.400. The van der Waals surface area contributed by atoms with Crippen LogP contribution in [-0.4, -0.2) is 9.55 Å². The van der Waals surface area contributed by atoms with Crippen molar-refractivity contribution < 1.29 is 8.68 Å². The molecule has 0 bridgehead atoms. The highest BCUT2D eigenvalue weighted by atomic mass is 32.1. The average Bonchev–Trinajstić information content (AvgIpc) is 3.12.